The van der Waals surface area contributed by atoms with Gasteiger partial charge in [-0.15, -0.1) is 0 Å². The van der Waals surface area contributed by atoms with Crippen molar-refractivity contribution < 1.29 is 13.6 Å². The predicted octanol–water partition coefficient (Wildman–Crippen LogP) is 4.77. The van der Waals surface area contributed by atoms with Crippen LogP contribution in [-0.2, 0) is 11.2 Å². The Hall–Kier alpha value is -2.60. The number of halogens is 1. The molecular weight excluding hydrogens is 381 g/mol. The molecule has 0 spiro atoms. The maximum atomic E-state index is 13.9. The van der Waals surface area contributed by atoms with E-state index in [0.29, 0.717) is 18.9 Å². The number of likely N-dealkylation sites (tertiary alicyclic amines) is 1. The van der Waals surface area contributed by atoms with Crippen LogP contribution in [0.5, 0.6) is 0 Å². The van der Waals surface area contributed by atoms with Gasteiger partial charge in [0.1, 0.15) is 11.5 Å². The van der Waals surface area contributed by atoms with Crippen LogP contribution in [0.2, 0.25) is 0 Å². The Morgan fingerprint density at radius 3 is 2.60 bits per heavy atom. The molecule has 1 saturated heterocycles. The van der Waals surface area contributed by atoms with Crippen LogP contribution < -0.4 is 0 Å². The summed E-state index contributed by atoms with van der Waals surface area (Å²) in [7, 11) is 0. The summed E-state index contributed by atoms with van der Waals surface area (Å²) >= 11 is 0. The number of aryl methyl sites for hydroxylation is 1. The molecular formula is C24H28FN3O2. The van der Waals surface area contributed by atoms with E-state index in [1.54, 1.807) is 20.0 Å². The molecule has 4 rings (SSSR count). The summed E-state index contributed by atoms with van der Waals surface area (Å²) in [5, 5.41) is 2.05. The average molecular weight is 410 g/mol. The Morgan fingerprint density at radius 1 is 1.17 bits per heavy atom. The van der Waals surface area contributed by atoms with Gasteiger partial charge in [0.05, 0.1) is 6.20 Å². The van der Waals surface area contributed by atoms with Crippen LogP contribution in [0.1, 0.15) is 38.3 Å². The SMILES string of the molecule is Cc1ncc(-c2ccc3cnc(CC(=O)C4CCN(CC(C)(C)F)CC4)cc3c2)o1. The number of fused-ring (bicyclic) bond motifs is 1. The van der Waals surface area contributed by atoms with Gasteiger partial charge in [-0.05, 0) is 57.3 Å². The summed E-state index contributed by atoms with van der Waals surface area (Å²) < 4.78 is 19.5. The minimum Gasteiger partial charge on any atom is -0.441 e. The van der Waals surface area contributed by atoms with Crippen molar-refractivity contribution in [3.63, 3.8) is 0 Å². The summed E-state index contributed by atoms with van der Waals surface area (Å²) in [6, 6.07) is 8.02. The minimum atomic E-state index is -1.20. The Bertz CT molecular complexity index is 1050. The molecule has 3 heterocycles. The molecule has 6 heteroatoms. The predicted molar refractivity (Wildman–Crippen MR) is 115 cm³/mol. The third-order valence-corrected chi connectivity index (χ3v) is 5.68. The highest BCUT2D eigenvalue weighted by Gasteiger charge is 2.28. The largest absolute Gasteiger partial charge is 0.441 e. The molecule has 0 atom stereocenters. The van der Waals surface area contributed by atoms with E-state index >= 15 is 0 Å². The summed E-state index contributed by atoms with van der Waals surface area (Å²) in [5.41, 5.74) is 0.537. The van der Waals surface area contributed by atoms with Gasteiger partial charge in [-0.3, -0.25) is 9.78 Å². The first-order valence-corrected chi connectivity index (χ1v) is 10.5. The quantitative estimate of drug-likeness (QED) is 0.587. The van der Waals surface area contributed by atoms with E-state index in [1.807, 2.05) is 37.4 Å². The Labute approximate surface area is 176 Å². The number of carbonyl (C=O) groups excluding carboxylic acids is 1. The van der Waals surface area contributed by atoms with Crippen molar-refractivity contribution in [2.45, 2.75) is 45.7 Å². The number of oxazole rings is 1. The van der Waals surface area contributed by atoms with Crippen LogP contribution >= 0.6 is 0 Å². The molecule has 1 aliphatic rings. The maximum absolute atomic E-state index is 13.9. The lowest BCUT2D eigenvalue weighted by atomic mass is 9.89. The fourth-order valence-electron chi connectivity index (χ4n) is 4.20. The first kappa shape index (κ1) is 20.7. The Balaban J connectivity index is 1.43. The first-order valence-electron chi connectivity index (χ1n) is 10.5. The normalized spacial score (nSPS) is 16.3. The second-order valence-corrected chi connectivity index (χ2v) is 8.89. The number of piperidine rings is 1. The molecule has 2 aromatic heterocycles. The fraction of sp³-hybridized carbons (Fsp3) is 0.458. The molecule has 1 fully saturated rings. The van der Waals surface area contributed by atoms with Crippen LogP contribution in [0, 0.1) is 12.8 Å². The first-order chi connectivity index (χ1) is 14.3. The molecule has 0 bridgehead atoms. The van der Waals surface area contributed by atoms with Crippen molar-refractivity contribution in [3.05, 3.63) is 48.2 Å². The van der Waals surface area contributed by atoms with E-state index < -0.39 is 5.67 Å². The van der Waals surface area contributed by atoms with Crippen molar-refractivity contribution in [1.29, 1.82) is 0 Å². The zero-order chi connectivity index (χ0) is 21.3. The minimum absolute atomic E-state index is 0.0324. The number of carbonyl (C=O) groups is 1. The van der Waals surface area contributed by atoms with Gasteiger partial charge in [0.25, 0.3) is 0 Å². The summed E-state index contributed by atoms with van der Waals surface area (Å²) in [6.45, 7) is 6.99. The standard InChI is InChI=1S/C24H28FN3O2/c1-16-26-14-23(30-16)18-4-5-19-13-27-21(11-20(19)10-18)12-22(29)17-6-8-28(9-7-17)15-24(2,3)25/h4-5,10-11,13-14,17H,6-9,12,15H2,1-3H3. The van der Waals surface area contributed by atoms with E-state index in [4.69, 9.17) is 4.42 Å². The van der Waals surface area contributed by atoms with Crippen molar-refractivity contribution in [2.75, 3.05) is 19.6 Å². The molecule has 3 aromatic rings. The van der Waals surface area contributed by atoms with Crippen LogP contribution in [-0.4, -0.2) is 46.0 Å². The van der Waals surface area contributed by atoms with Gasteiger partial charge in [-0.25, -0.2) is 9.37 Å². The molecule has 0 saturated carbocycles. The van der Waals surface area contributed by atoms with Gasteiger partial charge in [0, 0.05) is 48.6 Å². The van der Waals surface area contributed by atoms with Gasteiger partial charge < -0.3 is 9.32 Å². The number of Topliss-reactive ketones (excluding diaryl/α,β-unsaturated/α-hetero) is 1. The van der Waals surface area contributed by atoms with Gasteiger partial charge in [0.15, 0.2) is 11.7 Å². The number of nitrogens with zero attached hydrogens (tertiary/aromatic N) is 3. The van der Waals surface area contributed by atoms with E-state index in [9.17, 15) is 9.18 Å². The van der Waals surface area contributed by atoms with Crippen molar-refractivity contribution in [3.8, 4) is 11.3 Å². The van der Waals surface area contributed by atoms with Crippen LogP contribution in [0.25, 0.3) is 22.1 Å². The zero-order valence-corrected chi connectivity index (χ0v) is 17.8. The second-order valence-electron chi connectivity index (χ2n) is 8.89. The molecule has 0 aliphatic carbocycles. The van der Waals surface area contributed by atoms with Gasteiger partial charge in [0.2, 0.25) is 0 Å². The summed E-state index contributed by atoms with van der Waals surface area (Å²) in [5.74, 6) is 1.62. The van der Waals surface area contributed by atoms with E-state index in [0.717, 1.165) is 53.7 Å². The molecule has 5 nitrogen and oxygen atoms in total. The molecule has 0 radical (unpaired) electrons. The maximum Gasteiger partial charge on any atom is 0.191 e. The molecule has 1 aromatic carbocycles. The van der Waals surface area contributed by atoms with Gasteiger partial charge in [-0.2, -0.15) is 0 Å². The third kappa shape index (κ3) is 4.93. The van der Waals surface area contributed by atoms with Crippen molar-refractivity contribution in [2.24, 2.45) is 5.92 Å². The number of alkyl halides is 1. The number of benzene rings is 1. The van der Waals surface area contributed by atoms with E-state index in [2.05, 4.69) is 14.9 Å². The van der Waals surface area contributed by atoms with Crippen molar-refractivity contribution >= 4 is 16.6 Å². The molecule has 0 N–H and O–H groups in total. The number of aromatic nitrogens is 2. The Morgan fingerprint density at radius 2 is 1.93 bits per heavy atom. The number of hydrogen-bond donors (Lipinski definition) is 0. The summed E-state index contributed by atoms with van der Waals surface area (Å²) in [6.07, 6.45) is 5.45. The molecule has 0 unspecified atom stereocenters. The number of ketones is 1. The van der Waals surface area contributed by atoms with Crippen molar-refractivity contribution in [1.82, 2.24) is 14.9 Å². The highest BCUT2D eigenvalue weighted by Crippen LogP contribution is 2.26. The monoisotopic (exact) mass is 409 g/mol. The topological polar surface area (TPSA) is 59.2 Å². The van der Waals surface area contributed by atoms with Gasteiger partial charge >= 0.3 is 0 Å². The fourth-order valence-corrected chi connectivity index (χ4v) is 4.20. The lowest BCUT2D eigenvalue weighted by molar-refractivity contribution is -0.123. The summed E-state index contributed by atoms with van der Waals surface area (Å²) in [4.78, 5) is 23.6. The van der Waals surface area contributed by atoms with E-state index in [-0.39, 0.29) is 11.7 Å². The molecule has 0 amide bonds. The van der Waals surface area contributed by atoms with Gasteiger partial charge in [-0.1, -0.05) is 12.1 Å². The highest BCUT2D eigenvalue weighted by atomic mass is 19.1. The molecule has 1 aliphatic heterocycles. The lowest BCUT2D eigenvalue weighted by Crippen LogP contribution is -2.42. The zero-order valence-electron chi connectivity index (χ0n) is 17.8. The molecule has 30 heavy (non-hydrogen) atoms. The number of rotatable bonds is 6. The number of pyridine rings is 1. The molecule has 158 valence electrons. The lowest BCUT2D eigenvalue weighted by Gasteiger charge is -2.33. The number of hydrogen-bond acceptors (Lipinski definition) is 5. The van der Waals surface area contributed by atoms with Crippen LogP contribution in [0.15, 0.2) is 41.1 Å². The highest BCUT2D eigenvalue weighted by molar-refractivity contribution is 5.88. The average Bonchev–Trinajstić information content (AvgIpc) is 3.13. The Kier molecular flexibility index (Phi) is 5.69. The van der Waals surface area contributed by atoms with E-state index in [1.165, 1.54) is 0 Å². The smallest absolute Gasteiger partial charge is 0.191 e. The van der Waals surface area contributed by atoms with Crippen LogP contribution in [0.4, 0.5) is 4.39 Å². The third-order valence-electron chi connectivity index (χ3n) is 5.68. The van der Waals surface area contributed by atoms with Crippen LogP contribution in [0.3, 0.4) is 0 Å². The second kappa shape index (κ2) is 8.26.